The first-order chi connectivity index (χ1) is 7.38. The standard InChI is InChI=1S/C9H13N5S/c10-4-7-5-15-9-12-11-8(14(9)13-7)6-2-1-3-6/h6H,1-5,10H2. The topological polar surface area (TPSA) is 69.1 Å². The van der Waals surface area contributed by atoms with Crippen molar-refractivity contribution in [3.05, 3.63) is 5.82 Å². The molecule has 80 valence electrons. The predicted molar refractivity (Wildman–Crippen MR) is 59.2 cm³/mol. The Bertz CT molecular complexity index is 407. The molecule has 2 heterocycles. The number of aromatic nitrogens is 3. The van der Waals surface area contributed by atoms with Gasteiger partial charge >= 0.3 is 0 Å². The zero-order chi connectivity index (χ0) is 10.3. The van der Waals surface area contributed by atoms with Gasteiger partial charge in [-0.2, -0.15) is 9.78 Å². The van der Waals surface area contributed by atoms with E-state index in [1.807, 2.05) is 4.68 Å². The lowest BCUT2D eigenvalue weighted by molar-refractivity contribution is 0.389. The van der Waals surface area contributed by atoms with Crippen molar-refractivity contribution in [2.75, 3.05) is 12.3 Å². The zero-order valence-electron chi connectivity index (χ0n) is 8.39. The Hall–Kier alpha value is -0.880. The van der Waals surface area contributed by atoms with Gasteiger partial charge in [-0.3, -0.25) is 0 Å². The summed E-state index contributed by atoms with van der Waals surface area (Å²) in [5, 5.41) is 13.8. The Morgan fingerprint density at radius 2 is 2.27 bits per heavy atom. The van der Waals surface area contributed by atoms with E-state index in [9.17, 15) is 0 Å². The maximum absolute atomic E-state index is 5.60. The fourth-order valence-electron chi connectivity index (χ4n) is 1.80. The van der Waals surface area contributed by atoms with E-state index in [2.05, 4.69) is 15.3 Å². The molecule has 15 heavy (non-hydrogen) atoms. The van der Waals surface area contributed by atoms with Crippen LogP contribution in [0.25, 0.3) is 0 Å². The Balaban J connectivity index is 1.98. The van der Waals surface area contributed by atoms with Crippen molar-refractivity contribution in [1.29, 1.82) is 0 Å². The molecular weight excluding hydrogens is 210 g/mol. The molecule has 1 aliphatic heterocycles. The molecule has 6 heteroatoms. The number of fused-ring (bicyclic) bond motifs is 1. The highest BCUT2D eigenvalue weighted by Gasteiger charge is 2.28. The van der Waals surface area contributed by atoms with Gasteiger partial charge < -0.3 is 5.73 Å². The minimum absolute atomic E-state index is 0.523. The average Bonchev–Trinajstić information content (AvgIpc) is 2.59. The van der Waals surface area contributed by atoms with E-state index < -0.39 is 0 Å². The van der Waals surface area contributed by atoms with Gasteiger partial charge in [0.1, 0.15) is 0 Å². The fraction of sp³-hybridized carbons (Fsp3) is 0.667. The minimum atomic E-state index is 0.523. The van der Waals surface area contributed by atoms with Crippen LogP contribution < -0.4 is 5.73 Å². The first kappa shape index (κ1) is 9.35. The van der Waals surface area contributed by atoms with Gasteiger partial charge in [0.25, 0.3) is 0 Å². The first-order valence-electron chi connectivity index (χ1n) is 5.23. The molecule has 0 bridgehead atoms. The molecule has 1 aromatic rings. The molecule has 0 saturated heterocycles. The first-order valence-corrected chi connectivity index (χ1v) is 6.22. The smallest absolute Gasteiger partial charge is 0.212 e. The number of rotatable bonds is 2. The highest BCUT2D eigenvalue weighted by Crippen LogP contribution is 2.37. The average molecular weight is 223 g/mol. The third kappa shape index (κ3) is 1.48. The maximum atomic E-state index is 5.60. The molecule has 0 spiro atoms. The van der Waals surface area contributed by atoms with Gasteiger partial charge in [0.2, 0.25) is 5.16 Å². The summed E-state index contributed by atoms with van der Waals surface area (Å²) < 4.78 is 1.89. The van der Waals surface area contributed by atoms with Crippen LogP contribution in [0.15, 0.2) is 10.3 Å². The molecule has 0 amide bonds. The number of hydrogen-bond donors (Lipinski definition) is 1. The van der Waals surface area contributed by atoms with E-state index in [0.29, 0.717) is 12.5 Å². The van der Waals surface area contributed by atoms with Crippen molar-refractivity contribution in [2.45, 2.75) is 30.3 Å². The summed E-state index contributed by atoms with van der Waals surface area (Å²) in [7, 11) is 0. The Labute approximate surface area is 92.1 Å². The van der Waals surface area contributed by atoms with Crippen LogP contribution >= 0.6 is 11.8 Å². The van der Waals surface area contributed by atoms with E-state index in [4.69, 9.17) is 5.73 Å². The second-order valence-corrected chi connectivity index (χ2v) is 4.88. The summed E-state index contributed by atoms with van der Waals surface area (Å²) in [6.45, 7) is 0.523. The predicted octanol–water partition coefficient (Wildman–Crippen LogP) is 0.814. The van der Waals surface area contributed by atoms with Crippen molar-refractivity contribution in [3.63, 3.8) is 0 Å². The van der Waals surface area contributed by atoms with Crippen molar-refractivity contribution in [1.82, 2.24) is 14.9 Å². The highest BCUT2D eigenvalue weighted by atomic mass is 32.2. The molecule has 3 rings (SSSR count). The summed E-state index contributed by atoms with van der Waals surface area (Å²) in [5.41, 5.74) is 6.62. The maximum Gasteiger partial charge on any atom is 0.212 e. The van der Waals surface area contributed by atoms with Crippen LogP contribution in [-0.2, 0) is 0 Å². The molecule has 0 unspecified atom stereocenters. The molecule has 0 aromatic carbocycles. The second kappa shape index (κ2) is 3.61. The number of nitrogens with zero attached hydrogens (tertiary/aromatic N) is 4. The van der Waals surface area contributed by atoms with E-state index >= 15 is 0 Å². The highest BCUT2D eigenvalue weighted by molar-refractivity contribution is 7.99. The summed E-state index contributed by atoms with van der Waals surface area (Å²) in [6, 6.07) is 0. The monoisotopic (exact) mass is 223 g/mol. The lowest BCUT2D eigenvalue weighted by Gasteiger charge is -2.24. The van der Waals surface area contributed by atoms with Gasteiger partial charge in [0.05, 0.1) is 5.71 Å². The molecule has 0 atom stereocenters. The molecular formula is C9H13N5S. The van der Waals surface area contributed by atoms with E-state index in [0.717, 1.165) is 22.4 Å². The second-order valence-electron chi connectivity index (χ2n) is 3.94. The van der Waals surface area contributed by atoms with E-state index in [-0.39, 0.29) is 0 Å². The molecule has 2 N–H and O–H groups in total. The minimum Gasteiger partial charge on any atom is -0.325 e. The molecule has 1 saturated carbocycles. The summed E-state index contributed by atoms with van der Waals surface area (Å²) >= 11 is 1.67. The van der Waals surface area contributed by atoms with Crippen LogP contribution in [0, 0.1) is 0 Å². The molecule has 1 aliphatic carbocycles. The third-order valence-corrected chi connectivity index (χ3v) is 3.94. The molecule has 1 fully saturated rings. The number of nitrogens with two attached hydrogens (primary N) is 1. The van der Waals surface area contributed by atoms with Crippen LogP contribution in [0.3, 0.4) is 0 Å². The van der Waals surface area contributed by atoms with Gasteiger partial charge in [-0.25, -0.2) is 0 Å². The summed E-state index contributed by atoms with van der Waals surface area (Å²) in [6.07, 6.45) is 3.74. The molecule has 1 aromatic heterocycles. The lowest BCUT2D eigenvalue weighted by atomic mass is 9.85. The Morgan fingerprint density at radius 1 is 1.40 bits per heavy atom. The Kier molecular flexibility index (Phi) is 2.25. The van der Waals surface area contributed by atoms with Crippen LogP contribution in [0.2, 0.25) is 0 Å². The van der Waals surface area contributed by atoms with Gasteiger partial charge in [-0.1, -0.05) is 18.2 Å². The third-order valence-electron chi connectivity index (χ3n) is 2.95. The fourth-order valence-corrected chi connectivity index (χ4v) is 2.63. The lowest BCUT2D eigenvalue weighted by Crippen LogP contribution is -2.23. The van der Waals surface area contributed by atoms with Crippen molar-refractivity contribution < 1.29 is 0 Å². The Morgan fingerprint density at radius 3 is 2.93 bits per heavy atom. The normalized spacial score (nSPS) is 20.7. The van der Waals surface area contributed by atoms with Crippen LogP contribution in [0.1, 0.15) is 31.0 Å². The molecule has 0 radical (unpaired) electrons. The largest absolute Gasteiger partial charge is 0.325 e. The van der Waals surface area contributed by atoms with Crippen molar-refractivity contribution in [2.24, 2.45) is 10.8 Å². The van der Waals surface area contributed by atoms with E-state index in [1.165, 1.54) is 19.3 Å². The number of thioether (sulfide) groups is 1. The van der Waals surface area contributed by atoms with Crippen LogP contribution in [0.5, 0.6) is 0 Å². The number of hydrogen-bond acceptors (Lipinski definition) is 5. The quantitative estimate of drug-likeness (QED) is 0.805. The van der Waals surface area contributed by atoms with Gasteiger partial charge in [-0.15, -0.1) is 10.2 Å². The molecule has 2 aliphatic rings. The van der Waals surface area contributed by atoms with Gasteiger partial charge in [0.15, 0.2) is 5.82 Å². The van der Waals surface area contributed by atoms with Crippen LogP contribution in [0.4, 0.5) is 0 Å². The van der Waals surface area contributed by atoms with Gasteiger partial charge in [-0.05, 0) is 12.8 Å². The van der Waals surface area contributed by atoms with Crippen molar-refractivity contribution in [3.8, 4) is 0 Å². The van der Waals surface area contributed by atoms with E-state index in [1.54, 1.807) is 11.8 Å². The van der Waals surface area contributed by atoms with Crippen LogP contribution in [-0.4, -0.2) is 32.9 Å². The summed E-state index contributed by atoms with van der Waals surface area (Å²) in [5.74, 6) is 2.43. The summed E-state index contributed by atoms with van der Waals surface area (Å²) in [4.78, 5) is 0. The van der Waals surface area contributed by atoms with Crippen molar-refractivity contribution >= 4 is 17.5 Å². The zero-order valence-corrected chi connectivity index (χ0v) is 9.20. The molecule has 5 nitrogen and oxygen atoms in total. The van der Waals surface area contributed by atoms with Gasteiger partial charge in [0, 0.05) is 18.2 Å². The SMILES string of the molecule is NCC1=Nn2c(nnc2C2CCC2)SC1.